The fourth-order valence-corrected chi connectivity index (χ4v) is 10.2. The molecule has 4 bridgehead atoms. The van der Waals surface area contributed by atoms with Crippen LogP contribution in [0.1, 0.15) is 6.42 Å². The van der Waals surface area contributed by atoms with Gasteiger partial charge in [0.25, 0.3) is 0 Å². The Balaban J connectivity index is 1.95. The van der Waals surface area contributed by atoms with E-state index in [1.165, 1.54) is 0 Å². The van der Waals surface area contributed by atoms with Crippen molar-refractivity contribution in [2.45, 2.75) is 30.8 Å². The van der Waals surface area contributed by atoms with Gasteiger partial charge >= 0.3 is 0 Å². The third kappa shape index (κ3) is 0.788. The van der Waals surface area contributed by atoms with Crippen molar-refractivity contribution in [3.63, 3.8) is 0 Å². The van der Waals surface area contributed by atoms with Crippen LogP contribution in [-0.2, 0) is 4.79 Å². The molecule has 0 radical (unpaired) electrons. The lowest BCUT2D eigenvalue weighted by Crippen LogP contribution is -2.54. The van der Waals surface area contributed by atoms with Crippen LogP contribution >= 0.6 is 69.6 Å². The average molecular weight is 381 g/mol. The Hall–Kier alpha value is 1.41. The van der Waals surface area contributed by atoms with Gasteiger partial charge in [-0.15, -0.1) is 46.4 Å². The van der Waals surface area contributed by atoms with Gasteiger partial charge in [-0.1, -0.05) is 23.2 Å². The highest BCUT2D eigenvalue weighted by atomic mass is 35.5. The molecule has 5 aliphatic rings. The van der Waals surface area contributed by atoms with Crippen molar-refractivity contribution in [3.8, 4) is 0 Å². The number of rotatable bonds is 0. The Morgan fingerprint density at radius 1 is 1.00 bits per heavy atom. The molecule has 5 fully saturated rings. The summed E-state index contributed by atoms with van der Waals surface area (Å²) in [6, 6.07) is 0. The smallest absolute Gasteiger partial charge is 0.160 e. The minimum Gasteiger partial charge on any atom is -0.299 e. The van der Waals surface area contributed by atoms with Crippen molar-refractivity contribution in [1.29, 1.82) is 0 Å². The molecule has 0 aromatic heterocycles. The number of Topliss-reactive ketones (excluding diaryl/α,β-unsaturated/α-hetero) is 1. The van der Waals surface area contributed by atoms with E-state index < -0.39 is 24.3 Å². The van der Waals surface area contributed by atoms with Gasteiger partial charge < -0.3 is 0 Å². The highest BCUT2D eigenvalue weighted by Gasteiger charge is 3.00. The first-order valence-electron chi connectivity index (χ1n) is 6.29. The number of ketones is 1. The number of alkyl halides is 6. The number of hydrogen-bond donors (Lipinski definition) is 0. The first-order valence-corrected chi connectivity index (χ1v) is 8.61. The second kappa shape index (κ2) is 2.93. The lowest BCUT2D eigenvalue weighted by molar-refractivity contribution is -0.126. The van der Waals surface area contributed by atoms with Crippen LogP contribution in [0.5, 0.6) is 0 Å². The second-order valence-electron chi connectivity index (χ2n) is 6.62. The van der Waals surface area contributed by atoms with Gasteiger partial charge in [0.05, 0.1) is 10.3 Å². The van der Waals surface area contributed by atoms with Gasteiger partial charge in [-0.05, 0) is 24.2 Å². The summed E-state index contributed by atoms with van der Waals surface area (Å²) < 4.78 is -1.40. The standard InChI is InChI=1S/C12H8Cl6O/c13-8-9(14)6-2-1-3(7(6)19)4-5(2)11(9,16)12(17,18)10(4,8)15/h2-6,8H,1H2. The molecule has 0 aliphatic heterocycles. The third-order valence-electron chi connectivity index (χ3n) is 6.54. The summed E-state index contributed by atoms with van der Waals surface area (Å²) >= 11 is 40.2. The Labute approximate surface area is 140 Å². The molecule has 9 atom stereocenters. The van der Waals surface area contributed by atoms with Crippen LogP contribution in [0.3, 0.4) is 0 Å². The van der Waals surface area contributed by atoms with Crippen molar-refractivity contribution >= 4 is 75.4 Å². The van der Waals surface area contributed by atoms with E-state index in [0.29, 0.717) is 0 Å². The quantitative estimate of drug-likeness (QED) is 0.584. The third-order valence-corrected chi connectivity index (χ3v) is 11.5. The molecule has 104 valence electrons. The molecule has 0 N–H and O–H groups in total. The van der Waals surface area contributed by atoms with Gasteiger partial charge in [-0.3, -0.25) is 4.79 Å². The predicted octanol–water partition coefficient (Wildman–Crippen LogP) is 3.81. The lowest BCUT2D eigenvalue weighted by Gasteiger charge is -2.41. The maximum atomic E-state index is 12.6. The molecule has 0 aromatic rings. The molecule has 0 amide bonds. The molecule has 19 heavy (non-hydrogen) atoms. The summed E-state index contributed by atoms with van der Waals surface area (Å²) in [6.45, 7) is 0. The van der Waals surface area contributed by atoms with Crippen LogP contribution in [0.25, 0.3) is 0 Å². The first kappa shape index (κ1) is 12.9. The minimum atomic E-state index is -1.40. The van der Waals surface area contributed by atoms with Gasteiger partial charge in [0.15, 0.2) is 4.33 Å². The van der Waals surface area contributed by atoms with Crippen LogP contribution in [-0.4, -0.2) is 30.1 Å². The Morgan fingerprint density at radius 2 is 1.63 bits per heavy atom. The Bertz CT molecular complexity index is 564. The van der Waals surface area contributed by atoms with E-state index in [-0.39, 0.29) is 35.4 Å². The maximum Gasteiger partial charge on any atom is 0.160 e. The predicted molar refractivity (Wildman–Crippen MR) is 76.9 cm³/mol. The molecule has 0 spiro atoms. The summed E-state index contributed by atoms with van der Waals surface area (Å²) in [4.78, 5) is 9.19. The monoisotopic (exact) mass is 378 g/mol. The SMILES string of the molecule is O=C1C2CC3C1C1(Cl)C(Cl)C4(Cl)C2C3C1(Cl)C4(Cl)Cl. The number of fused-ring (bicyclic) bond motifs is 5. The normalized spacial score (nSPS) is 73.7. The topological polar surface area (TPSA) is 17.1 Å². The van der Waals surface area contributed by atoms with Crippen LogP contribution in [0.15, 0.2) is 0 Å². The number of carbonyl (C=O) groups excluding carboxylic acids is 1. The molecule has 0 saturated heterocycles. The number of halogens is 6. The molecule has 1 nitrogen and oxygen atoms in total. The van der Waals surface area contributed by atoms with E-state index in [9.17, 15) is 4.79 Å². The van der Waals surface area contributed by atoms with Gasteiger partial charge in [0, 0.05) is 11.8 Å². The van der Waals surface area contributed by atoms with Crippen molar-refractivity contribution < 1.29 is 4.79 Å². The molecule has 5 rings (SSSR count). The van der Waals surface area contributed by atoms with Crippen LogP contribution in [0.2, 0.25) is 0 Å². The summed E-state index contributed by atoms with van der Waals surface area (Å²) in [5, 5.41) is -0.693. The minimum absolute atomic E-state index is 0.00173. The van der Waals surface area contributed by atoms with E-state index in [2.05, 4.69) is 0 Å². The molecule has 7 heteroatoms. The number of hydrogen-bond acceptors (Lipinski definition) is 1. The van der Waals surface area contributed by atoms with E-state index in [1.54, 1.807) is 0 Å². The largest absolute Gasteiger partial charge is 0.299 e. The van der Waals surface area contributed by atoms with Gasteiger partial charge in [0.1, 0.15) is 15.5 Å². The van der Waals surface area contributed by atoms with Crippen molar-refractivity contribution in [2.75, 3.05) is 0 Å². The molecule has 9 unspecified atom stereocenters. The lowest BCUT2D eigenvalue weighted by atomic mass is 9.76. The van der Waals surface area contributed by atoms with E-state index in [4.69, 9.17) is 69.6 Å². The van der Waals surface area contributed by atoms with Crippen molar-refractivity contribution in [1.82, 2.24) is 0 Å². The van der Waals surface area contributed by atoms with Crippen LogP contribution in [0.4, 0.5) is 0 Å². The molecular weight excluding hydrogens is 373 g/mol. The Morgan fingerprint density at radius 3 is 2.26 bits per heavy atom. The zero-order chi connectivity index (χ0) is 13.7. The molecule has 5 aliphatic carbocycles. The highest BCUT2D eigenvalue weighted by Crippen LogP contribution is 2.90. The summed E-state index contributed by atoms with van der Waals surface area (Å²) in [5.41, 5.74) is 0. The van der Waals surface area contributed by atoms with Crippen LogP contribution in [0, 0.1) is 29.6 Å². The van der Waals surface area contributed by atoms with Gasteiger partial charge in [0.2, 0.25) is 0 Å². The van der Waals surface area contributed by atoms with Crippen LogP contribution < -0.4 is 0 Å². The van der Waals surface area contributed by atoms with E-state index in [0.717, 1.165) is 6.42 Å². The fourth-order valence-electron chi connectivity index (χ4n) is 6.19. The van der Waals surface area contributed by atoms with Gasteiger partial charge in [-0.25, -0.2) is 0 Å². The zero-order valence-electron chi connectivity index (χ0n) is 9.35. The molecular formula is C12H8Cl6O. The highest BCUT2D eigenvalue weighted by molar-refractivity contribution is 6.64. The molecule has 0 aromatic carbocycles. The summed E-state index contributed by atoms with van der Waals surface area (Å²) in [7, 11) is 0. The van der Waals surface area contributed by atoms with E-state index >= 15 is 0 Å². The Kier molecular flexibility index (Phi) is 1.99. The van der Waals surface area contributed by atoms with E-state index in [1.807, 2.05) is 0 Å². The second-order valence-corrected chi connectivity index (χ2v) is 10.2. The molecule has 0 heterocycles. The maximum absolute atomic E-state index is 12.6. The summed E-state index contributed by atoms with van der Waals surface area (Å²) in [6.07, 6.45) is 0.809. The summed E-state index contributed by atoms with van der Waals surface area (Å²) in [5.74, 6) is -0.312. The average Bonchev–Trinajstić information content (AvgIpc) is 2.95. The fraction of sp³-hybridized carbons (Fsp3) is 0.917. The van der Waals surface area contributed by atoms with Gasteiger partial charge in [-0.2, -0.15) is 0 Å². The van der Waals surface area contributed by atoms with Crippen molar-refractivity contribution in [2.24, 2.45) is 29.6 Å². The zero-order valence-corrected chi connectivity index (χ0v) is 13.9. The van der Waals surface area contributed by atoms with Crippen molar-refractivity contribution in [3.05, 3.63) is 0 Å². The number of carbonyl (C=O) groups is 1. The first-order chi connectivity index (χ1) is 8.66. The molecule has 5 saturated carbocycles.